The fraction of sp³-hybridized carbons (Fsp3) is 0.125. The van der Waals surface area contributed by atoms with Crippen LogP contribution in [0.15, 0.2) is 71.8 Å². The predicted molar refractivity (Wildman–Crippen MR) is 133 cm³/mol. The fourth-order valence-corrected chi connectivity index (χ4v) is 4.30. The molecule has 2 aromatic heterocycles. The minimum Gasteiger partial charge on any atom is -0.494 e. The Hall–Kier alpha value is -4.25. The second-order valence-corrected chi connectivity index (χ2v) is 9.32. The Morgan fingerprint density at radius 2 is 1.51 bits per heavy atom. The van der Waals surface area contributed by atoms with E-state index in [0.29, 0.717) is 34.7 Å². The maximum atomic E-state index is 13.9. The number of rotatable bonds is 8. The summed E-state index contributed by atoms with van der Waals surface area (Å²) in [4.78, 5) is 12.8. The second kappa shape index (κ2) is 9.94. The molecule has 11 heteroatoms. The molecule has 0 aliphatic heterocycles. The summed E-state index contributed by atoms with van der Waals surface area (Å²) in [6.07, 6.45) is 1.71. The van der Waals surface area contributed by atoms with E-state index in [9.17, 15) is 12.8 Å². The van der Waals surface area contributed by atoms with Crippen molar-refractivity contribution in [1.82, 2.24) is 15.0 Å². The van der Waals surface area contributed by atoms with Crippen LogP contribution in [0.25, 0.3) is 0 Å². The van der Waals surface area contributed by atoms with Crippen molar-refractivity contribution in [2.45, 2.75) is 18.7 Å². The van der Waals surface area contributed by atoms with Gasteiger partial charge in [-0.2, -0.15) is 0 Å². The number of ether oxygens (including phenoxy) is 1. The van der Waals surface area contributed by atoms with Gasteiger partial charge in [0.05, 0.1) is 12.0 Å². The van der Waals surface area contributed by atoms with Crippen LogP contribution in [0.4, 0.5) is 33.2 Å². The number of anilines is 5. The van der Waals surface area contributed by atoms with Crippen LogP contribution in [0.3, 0.4) is 0 Å². The minimum absolute atomic E-state index is 0.0344. The van der Waals surface area contributed by atoms with Gasteiger partial charge < -0.3 is 15.4 Å². The van der Waals surface area contributed by atoms with Crippen molar-refractivity contribution in [1.29, 1.82) is 0 Å². The van der Waals surface area contributed by atoms with Gasteiger partial charge in [0.25, 0.3) is 10.0 Å². The van der Waals surface area contributed by atoms with Crippen molar-refractivity contribution in [3.63, 3.8) is 0 Å². The van der Waals surface area contributed by atoms with E-state index in [1.165, 1.54) is 19.2 Å². The number of benzene rings is 2. The van der Waals surface area contributed by atoms with Crippen molar-refractivity contribution < 1.29 is 17.5 Å². The Morgan fingerprint density at radius 3 is 2.17 bits per heavy atom. The monoisotopic (exact) mass is 494 g/mol. The van der Waals surface area contributed by atoms with Crippen LogP contribution in [-0.2, 0) is 10.0 Å². The van der Waals surface area contributed by atoms with E-state index in [4.69, 9.17) is 4.74 Å². The minimum atomic E-state index is -3.98. The van der Waals surface area contributed by atoms with Gasteiger partial charge in [0.2, 0.25) is 0 Å². The van der Waals surface area contributed by atoms with Crippen LogP contribution in [0.5, 0.6) is 5.75 Å². The summed E-state index contributed by atoms with van der Waals surface area (Å²) in [5.41, 5.74) is 2.07. The van der Waals surface area contributed by atoms with E-state index in [2.05, 4.69) is 30.3 Å². The van der Waals surface area contributed by atoms with Gasteiger partial charge in [0.1, 0.15) is 23.3 Å². The summed E-state index contributed by atoms with van der Waals surface area (Å²) in [7, 11) is -2.67. The third-order valence-electron chi connectivity index (χ3n) is 4.85. The Bertz CT molecular complexity index is 1460. The predicted octanol–water partition coefficient (Wildman–Crippen LogP) is 4.92. The van der Waals surface area contributed by atoms with Gasteiger partial charge in [-0.15, -0.1) is 0 Å². The topological polar surface area (TPSA) is 118 Å². The molecule has 0 saturated carbocycles. The quantitative estimate of drug-likeness (QED) is 0.316. The number of aromatic nitrogens is 3. The molecular formula is C24H23FN6O3S. The molecule has 0 aliphatic carbocycles. The maximum Gasteiger partial charge on any atom is 0.262 e. The van der Waals surface area contributed by atoms with Gasteiger partial charge >= 0.3 is 0 Å². The first kappa shape index (κ1) is 23.9. The summed E-state index contributed by atoms with van der Waals surface area (Å²) in [5.74, 6) is 1.56. The number of pyridine rings is 1. The summed E-state index contributed by atoms with van der Waals surface area (Å²) < 4.78 is 46.4. The number of halogens is 1. The van der Waals surface area contributed by atoms with Crippen LogP contribution in [0.2, 0.25) is 0 Å². The zero-order valence-corrected chi connectivity index (χ0v) is 20.0. The number of nitrogens with zero attached hydrogens (tertiary/aromatic N) is 3. The molecule has 0 atom stereocenters. The smallest absolute Gasteiger partial charge is 0.262 e. The van der Waals surface area contributed by atoms with Gasteiger partial charge in [-0.1, -0.05) is 0 Å². The molecule has 2 heterocycles. The van der Waals surface area contributed by atoms with Crippen molar-refractivity contribution >= 4 is 38.9 Å². The molecule has 35 heavy (non-hydrogen) atoms. The highest BCUT2D eigenvalue weighted by molar-refractivity contribution is 7.92. The van der Waals surface area contributed by atoms with E-state index >= 15 is 0 Å². The Morgan fingerprint density at radius 1 is 0.829 bits per heavy atom. The molecule has 2 aromatic carbocycles. The van der Waals surface area contributed by atoms with Crippen molar-refractivity contribution in [2.24, 2.45) is 0 Å². The van der Waals surface area contributed by atoms with E-state index in [1.807, 2.05) is 19.1 Å². The molecule has 0 fully saturated rings. The molecule has 180 valence electrons. The number of methoxy groups -OCH3 is 1. The Kier molecular flexibility index (Phi) is 6.78. The van der Waals surface area contributed by atoms with E-state index < -0.39 is 15.8 Å². The first-order chi connectivity index (χ1) is 16.7. The highest BCUT2D eigenvalue weighted by atomic mass is 32.2. The third-order valence-corrected chi connectivity index (χ3v) is 6.23. The van der Waals surface area contributed by atoms with E-state index in [-0.39, 0.29) is 10.6 Å². The molecule has 0 amide bonds. The SMILES string of the molecule is COc1ccc(S(=O)(=O)Nc2ccc(Nc3cc(Nc4cc(C)ccn4)nc(C)n3)cc2)cc1F. The molecule has 3 N–H and O–H groups in total. The van der Waals surface area contributed by atoms with Crippen molar-refractivity contribution in [3.05, 3.63) is 84.1 Å². The van der Waals surface area contributed by atoms with Gasteiger partial charge in [-0.25, -0.2) is 27.8 Å². The summed E-state index contributed by atoms with van der Waals surface area (Å²) in [6.45, 7) is 3.75. The molecule has 0 saturated heterocycles. The maximum absolute atomic E-state index is 13.9. The normalized spacial score (nSPS) is 11.1. The Balaban J connectivity index is 1.46. The molecule has 9 nitrogen and oxygen atoms in total. The van der Waals surface area contributed by atoms with Crippen LogP contribution in [0.1, 0.15) is 11.4 Å². The molecule has 0 aliphatic rings. The van der Waals surface area contributed by atoms with Gasteiger partial charge in [0.15, 0.2) is 11.6 Å². The molecular weight excluding hydrogens is 471 g/mol. The largest absolute Gasteiger partial charge is 0.494 e. The Labute approximate surface area is 202 Å². The van der Waals surface area contributed by atoms with Crippen LogP contribution in [-0.4, -0.2) is 30.5 Å². The lowest BCUT2D eigenvalue weighted by Gasteiger charge is -2.12. The van der Waals surface area contributed by atoms with Gasteiger partial charge in [0, 0.05) is 23.6 Å². The molecule has 0 spiro atoms. The van der Waals surface area contributed by atoms with Crippen molar-refractivity contribution in [3.8, 4) is 5.75 Å². The average Bonchev–Trinajstić information content (AvgIpc) is 2.80. The van der Waals surface area contributed by atoms with Crippen LogP contribution >= 0.6 is 0 Å². The standard InChI is InChI=1S/C24H23FN6O3S/c1-15-10-11-26-22(12-15)30-24-14-23(27-16(2)28-24)29-17-4-6-18(7-5-17)31-35(32,33)19-8-9-21(34-3)20(25)13-19/h4-14,31H,1-3H3,(H2,26,27,28,29,30). The first-order valence-corrected chi connectivity index (χ1v) is 12.0. The third kappa shape index (κ3) is 6.01. The van der Waals surface area contributed by atoms with E-state index in [1.54, 1.807) is 43.5 Å². The zero-order chi connectivity index (χ0) is 25.0. The second-order valence-electron chi connectivity index (χ2n) is 7.63. The molecule has 0 bridgehead atoms. The van der Waals surface area contributed by atoms with Crippen LogP contribution in [0, 0.1) is 19.7 Å². The lowest BCUT2D eigenvalue weighted by molar-refractivity contribution is 0.385. The fourth-order valence-electron chi connectivity index (χ4n) is 3.23. The molecule has 0 radical (unpaired) electrons. The summed E-state index contributed by atoms with van der Waals surface area (Å²) in [6, 6.07) is 15.6. The van der Waals surface area contributed by atoms with Crippen LogP contribution < -0.4 is 20.1 Å². The highest BCUT2D eigenvalue weighted by Crippen LogP contribution is 2.25. The summed E-state index contributed by atoms with van der Waals surface area (Å²) in [5, 5.41) is 6.33. The zero-order valence-electron chi connectivity index (χ0n) is 19.2. The summed E-state index contributed by atoms with van der Waals surface area (Å²) >= 11 is 0. The lowest BCUT2D eigenvalue weighted by Crippen LogP contribution is -2.13. The molecule has 4 aromatic rings. The number of hydrogen-bond acceptors (Lipinski definition) is 8. The van der Waals surface area contributed by atoms with Gasteiger partial charge in [-0.05, 0) is 74.0 Å². The first-order valence-electron chi connectivity index (χ1n) is 10.5. The molecule has 0 unspecified atom stereocenters. The lowest BCUT2D eigenvalue weighted by atomic mass is 10.3. The number of aryl methyl sites for hydroxylation is 2. The van der Waals surface area contributed by atoms with Crippen molar-refractivity contribution in [2.75, 3.05) is 22.5 Å². The van der Waals surface area contributed by atoms with E-state index in [0.717, 1.165) is 11.6 Å². The highest BCUT2D eigenvalue weighted by Gasteiger charge is 2.17. The molecule has 4 rings (SSSR count). The van der Waals surface area contributed by atoms with Gasteiger partial charge in [-0.3, -0.25) is 4.72 Å². The number of nitrogens with one attached hydrogen (secondary N) is 3. The average molecular weight is 495 g/mol. The number of sulfonamides is 1. The number of hydrogen-bond donors (Lipinski definition) is 3.